The first-order chi connectivity index (χ1) is 28.5. The molecule has 11 N–H and O–H groups in total. The topological polar surface area (TPSA) is 407 Å². The van der Waals surface area contributed by atoms with E-state index in [4.69, 9.17) is 11.5 Å². The van der Waals surface area contributed by atoms with Gasteiger partial charge in [0.15, 0.2) is 11.4 Å². The molecule has 0 amide bonds. The van der Waals surface area contributed by atoms with Crippen LogP contribution in [0.3, 0.4) is 0 Å². The van der Waals surface area contributed by atoms with E-state index in [1.54, 1.807) is 0 Å². The number of carbonyl (C=O) groups is 2. The zero-order chi connectivity index (χ0) is 45.9. The van der Waals surface area contributed by atoms with Crippen molar-refractivity contribution in [3.63, 3.8) is 0 Å². The van der Waals surface area contributed by atoms with Crippen LogP contribution >= 0.6 is 0 Å². The maximum Gasteiger partial charge on any atom is 0.296 e. The number of hydrazone groups is 2. The van der Waals surface area contributed by atoms with Crippen LogP contribution in [0.2, 0.25) is 0 Å². The Morgan fingerprint density at radius 1 is 0.548 bits per heavy atom. The predicted octanol–water partition coefficient (Wildman–Crippen LogP) is 2.55. The minimum absolute atomic E-state index is 0.0500. The van der Waals surface area contributed by atoms with Crippen molar-refractivity contribution in [3.05, 3.63) is 110 Å². The second-order valence-electron chi connectivity index (χ2n) is 12.9. The molecule has 0 unspecified atom stereocenters. The lowest BCUT2D eigenvalue weighted by Crippen LogP contribution is -2.28. The predicted molar refractivity (Wildman–Crippen MR) is 223 cm³/mol. The smallest absolute Gasteiger partial charge is 0.296 e. The molecule has 0 heterocycles. The van der Waals surface area contributed by atoms with Crippen molar-refractivity contribution >= 4 is 121 Å². The van der Waals surface area contributed by atoms with E-state index in [1.165, 1.54) is 24.3 Å². The molecule has 0 bridgehead atoms. The summed E-state index contributed by atoms with van der Waals surface area (Å²) in [4.78, 5) is 22.0. The van der Waals surface area contributed by atoms with Crippen LogP contribution in [0, 0.1) is 0 Å². The van der Waals surface area contributed by atoms with Gasteiger partial charge in [-0.2, -0.15) is 52.3 Å². The lowest BCUT2D eigenvalue weighted by Gasteiger charge is -2.18. The van der Waals surface area contributed by atoms with E-state index in [0.717, 1.165) is 48.6 Å². The molecular formula is C34H26N6O17S5. The molecule has 28 heteroatoms. The Hall–Kier alpha value is -6.47. The number of nitrogens with zero attached hydrogens (tertiary/aromatic N) is 2. The summed E-state index contributed by atoms with van der Waals surface area (Å²) in [5.41, 5.74) is 11.6. The number of anilines is 4. The molecule has 2 aliphatic carbocycles. The number of rotatable bonds is 11. The number of hydrogen-bond acceptors (Lipinski definition) is 18. The molecule has 324 valence electrons. The lowest BCUT2D eigenvalue weighted by molar-refractivity contribution is 0.105. The van der Waals surface area contributed by atoms with Gasteiger partial charge >= 0.3 is 0 Å². The number of carbonyl (C=O) groups excluding carboxylic acids is 2. The normalized spacial score (nSPS) is 16.2. The highest BCUT2D eigenvalue weighted by Gasteiger charge is 2.36. The van der Waals surface area contributed by atoms with E-state index in [9.17, 15) is 74.4 Å². The summed E-state index contributed by atoms with van der Waals surface area (Å²) in [7, 11) is -25.5. The zero-order valence-electron chi connectivity index (χ0n) is 30.4. The molecular weight excluding hydrogens is 925 g/mol. The molecule has 0 atom stereocenters. The number of allylic oxidation sites excluding steroid dienone is 2. The molecule has 0 aliphatic heterocycles. The van der Waals surface area contributed by atoms with Crippen molar-refractivity contribution in [1.82, 2.24) is 0 Å². The molecule has 0 fully saturated rings. The Bertz CT molecular complexity index is 3430. The van der Waals surface area contributed by atoms with Crippen molar-refractivity contribution in [3.8, 4) is 0 Å². The van der Waals surface area contributed by atoms with Crippen LogP contribution in [-0.4, -0.2) is 87.8 Å². The molecule has 0 saturated carbocycles. The average molecular weight is 951 g/mol. The Kier molecular flexibility index (Phi) is 11.5. The van der Waals surface area contributed by atoms with Crippen LogP contribution in [0.5, 0.6) is 0 Å². The van der Waals surface area contributed by atoms with Gasteiger partial charge in [-0.1, -0.05) is 30.4 Å². The summed E-state index contributed by atoms with van der Waals surface area (Å²) in [5.74, 6) is -2.28. The van der Waals surface area contributed by atoms with Crippen molar-refractivity contribution in [2.75, 3.05) is 22.3 Å². The highest BCUT2D eigenvalue weighted by molar-refractivity contribution is 7.91. The molecule has 0 radical (unpaired) electrons. The summed E-state index contributed by atoms with van der Waals surface area (Å²) in [6, 6.07) is 11.3. The van der Waals surface area contributed by atoms with E-state index in [1.807, 2.05) is 0 Å². The van der Waals surface area contributed by atoms with Crippen molar-refractivity contribution in [2.24, 2.45) is 10.2 Å². The SMILES string of the molecule is Nc1ccc2c(c1)C(=O)/C(=N\Nc1ccc(/C=C/c3ccc(N/N=C4/C(=O)c5c(N)cc(S(=O)(=O)O)cc5C=C4S(=O)(=O)O)cc3S(=O)(=O)O)cc1S(=O)(=O)O)C(S(=O)(=O)O)=C2. The Labute approximate surface area is 350 Å². The highest BCUT2D eigenvalue weighted by atomic mass is 32.2. The number of nitrogens with one attached hydrogen (secondary N) is 2. The van der Waals surface area contributed by atoms with Gasteiger partial charge < -0.3 is 11.5 Å². The van der Waals surface area contributed by atoms with Gasteiger partial charge in [-0.25, -0.2) is 0 Å². The van der Waals surface area contributed by atoms with Gasteiger partial charge in [-0.15, -0.1) is 0 Å². The molecule has 23 nitrogen and oxygen atoms in total. The fourth-order valence-corrected chi connectivity index (χ4v) is 9.17. The van der Waals surface area contributed by atoms with E-state index < -0.39 is 121 Å². The third kappa shape index (κ3) is 9.37. The Morgan fingerprint density at radius 3 is 1.74 bits per heavy atom. The third-order valence-electron chi connectivity index (χ3n) is 8.66. The summed E-state index contributed by atoms with van der Waals surface area (Å²) in [6.45, 7) is 0. The molecule has 0 aromatic heterocycles. The van der Waals surface area contributed by atoms with Crippen molar-refractivity contribution in [1.29, 1.82) is 0 Å². The molecule has 2 aliphatic rings. The molecule has 4 aromatic carbocycles. The largest absolute Gasteiger partial charge is 0.399 e. The van der Waals surface area contributed by atoms with Gasteiger partial charge in [0.05, 0.1) is 21.8 Å². The summed E-state index contributed by atoms with van der Waals surface area (Å²) >= 11 is 0. The maximum absolute atomic E-state index is 13.4. The van der Waals surface area contributed by atoms with Crippen LogP contribution in [0.25, 0.3) is 24.3 Å². The van der Waals surface area contributed by atoms with Gasteiger partial charge in [0.2, 0.25) is 11.6 Å². The number of fused-ring (bicyclic) bond motifs is 2. The molecule has 4 aromatic rings. The molecule has 62 heavy (non-hydrogen) atoms. The highest BCUT2D eigenvalue weighted by Crippen LogP contribution is 2.33. The third-order valence-corrected chi connectivity index (χ3v) is 13.0. The first-order valence-corrected chi connectivity index (χ1v) is 23.6. The summed E-state index contributed by atoms with van der Waals surface area (Å²) < 4.78 is 171. The second kappa shape index (κ2) is 15.8. The minimum Gasteiger partial charge on any atom is -0.399 e. The first kappa shape index (κ1) is 45.1. The van der Waals surface area contributed by atoms with Crippen LogP contribution in [0.4, 0.5) is 22.7 Å². The standard InChI is InChI=1S/C34H26N6O17S5/c35-20-6-4-18-11-28(61(52,53)54)31(33(41)23(18)13-20)40-38-25-8-2-16(9-27(25)60(49,50)51)1-3-17-5-7-21(14-26(17)59(46,47)48)37-39-32-29(62(55,56)57)12-19-10-22(58(43,44)45)15-24(36)30(19)34(32)42/h1-15,37-38H,35-36H2,(H,43,44,45)(H,46,47,48)(H,49,50,51)(H,52,53,54)(H,55,56,57)/b3-1+,39-32+,40-31-. The maximum atomic E-state index is 13.4. The van der Waals surface area contributed by atoms with E-state index in [2.05, 4.69) is 21.1 Å². The van der Waals surface area contributed by atoms with Gasteiger partial charge in [-0.05, 0) is 82.9 Å². The van der Waals surface area contributed by atoms with Gasteiger partial charge in [0.1, 0.15) is 19.6 Å². The van der Waals surface area contributed by atoms with Crippen LogP contribution < -0.4 is 22.3 Å². The molecule has 6 rings (SSSR count). The minimum atomic E-state index is -5.28. The van der Waals surface area contributed by atoms with Crippen molar-refractivity contribution < 1.29 is 74.4 Å². The second-order valence-corrected chi connectivity index (χ2v) is 19.8. The monoisotopic (exact) mass is 950 g/mol. The number of nitrogens with two attached hydrogens (primary N) is 2. The number of Topliss-reactive ketones (excluding diaryl/α,β-unsaturated/α-hetero) is 2. The quantitative estimate of drug-likeness (QED) is 0.0451. The average Bonchev–Trinajstić information content (AvgIpc) is 3.14. The number of nitrogen functional groups attached to an aromatic ring is 2. The zero-order valence-corrected chi connectivity index (χ0v) is 34.5. The van der Waals surface area contributed by atoms with Gasteiger partial charge in [0.25, 0.3) is 50.6 Å². The lowest BCUT2D eigenvalue weighted by atomic mass is 9.93. The van der Waals surface area contributed by atoms with Gasteiger partial charge in [-0.3, -0.25) is 43.2 Å². The van der Waals surface area contributed by atoms with Gasteiger partial charge in [0, 0.05) is 16.9 Å². The number of hydrogen-bond donors (Lipinski definition) is 9. The summed E-state index contributed by atoms with van der Waals surface area (Å²) in [6.07, 6.45) is 3.75. The van der Waals surface area contributed by atoms with Crippen molar-refractivity contribution in [2.45, 2.75) is 14.7 Å². The Balaban J connectivity index is 1.32. The van der Waals surface area contributed by atoms with Crippen LogP contribution in [-0.2, 0) is 50.6 Å². The summed E-state index contributed by atoms with van der Waals surface area (Å²) in [5, 5.41) is 7.40. The number of benzene rings is 4. The Morgan fingerprint density at radius 2 is 1.15 bits per heavy atom. The molecule has 0 spiro atoms. The fourth-order valence-electron chi connectivity index (χ4n) is 5.91. The van der Waals surface area contributed by atoms with Crippen LogP contribution in [0.15, 0.2) is 101 Å². The van der Waals surface area contributed by atoms with E-state index >= 15 is 0 Å². The van der Waals surface area contributed by atoms with Crippen LogP contribution in [0.1, 0.15) is 43.0 Å². The van der Waals surface area contributed by atoms with E-state index in [0.29, 0.717) is 18.2 Å². The fraction of sp³-hybridized carbons (Fsp3) is 0. The molecule has 0 saturated heterocycles. The number of ketones is 2. The first-order valence-electron chi connectivity index (χ1n) is 16.4. The van der Waals surface area contributed by atoms with E-state index in [-0.39, 0.29) is 33.6 Å².